The highest BCUT2D eigenvalue weighted by molar-refractivity contribution is 5.04. The van der Waals surface area contributed by atoms with E-state index in [2.05, 4.69) is 4.98 Å². The van der Waals surface area contributed by atoms with Crippen LogP contribution in [-0.2, 0) is 6.54 Å². The molecular formula is C6H10N2O. The minimum atomic E-state index is 0.817. The fourth-order valence-electron chi connectivity index (χ4n) is 0.716. The molecular weight excluding hydrogens is 116 g/mol. The summed E-state index contributed by atoms with van der Waals surface area (Å²) in [6.45, 7) is 2.95. The molecule has 0 aromatic carbocycles. The minimum Gasteiger partial charge on any atom is -0.481 e. The summed E-state index contributed by atoms with van der Waals surface area (Å²) in [7, 11) is 1.64. The van der Waals surface area contributed by atoms with Gasteiger partial charge in [-0.05, 0) is 6.92 Å². The van der Waals surface area contributed by atoms with Gasteiger partial charge in [0, 0.05) is 6.54 Å². The first kappa shape index (κ1) is 6.13. The van der Waals surface area contributed by atoms with Crippen LogP contribution in [0, 0.1) is 0 Å². The second-order valence-corrected chi connectivity index (χ2v) is 1.72. The maximum atomic E-state index is 4.98. The molecule has 0 atom stereocenters. The van der Waals surface area contributed by atoms with Crippen molar-refractivity contribution < 1.29 is 4.74 Å². The Kier molecular flexibility index (Phi) is 1.72. The number of aromatic nitrogens is 2. The van der Waals surface area contributed by atoms with Gasteiger partial charge in [0.1, 0.15) is 0 Å². The van der Waals surface area contributed by atoms with Gasteiger partial charge < -0.3 is 9.30 Å². The van der Waals surface area contributed by atoms with Crippen molar-refractivity contribution >= 4 is 0 Å². The third-order valence-electron chi connectivity index (χ3n) is 1.22. The van der Waals surface area contributed by atoms with Gasteiger partial charge in [0.25, 0.3) is 0 Å². The van der Waals surface area contributed by atoms with E-state index in [4.69, 9.17) is 4.74 Å². The van der Waals surface area contributed by atoms with Crippen molar-refractivity contribution in [1.29, 1.82) is 0 Å². The van der Waals surface area contributed by atoms with E-state index in [1.807, 2.05) is 11.5 Å². The first-order valence-electron chi connectivity index (χ1n) is 2.92. The Bertz CT molecular complexity index is 164. The molecule has 9 heavy (non-hydrogen) atoms. The molecule has 0 radical (unpaired) electrons. The van der Waals surface area contributed by atoms with Crippen LogP contribution < -0.4 is 4.74 Å². The summed E-state index contributed by atoms with van der Waals surface area (Å²) >= 11 is 0. The molecule has 0 spiro atoms. The zero-order valence-electron chi connectivity index (χ0n) is 5.66. The van der Waals surface area contributed by atoms with Gasteiger partial charge in [0.15, 0.2) is 0 Å². The van der Waals surface area contributed by atoms with Crippen LogP contribution in [0.25, 0.3) is 0 Å². The van der Waals surface area contributed by atoms with Gasteiger partial charge in [-0.1, -0.05) is 0 Å². The lowest BCUT2D eigenvalue weighted by molar-refractivity contribution is 0.375. The van der Waals surface area contributed by atoms with Gasteiger partial charge >= 0.3 is 0 Å². The Morgan fingerprint density at radius 2 is 2.56 bits per heavy atom. The van der Waals surface area contributed by atoms with Crippen molar-refractivity contribution in [2.75, 3.05) is 7.11 Å². The van der Waals surface area contributed by atoms with Crippen LogP contribution in [0.2, 0.25) is 0 Å². The summed E-state index contributed by atoms with van der Waals surface area (Å²) < 4.78 is 6.91. The largest absolute Gasteiger partial charge is 0.481 e. The molecule has 3 nitrogen and oxygen atoms in total. The Labute approximate surface area is 54.3 Å². The van der Waals surface area contributed by atoms with E-state index in [9.17, 15) is 0 Å². The van der Waals surface area contributed by atoms with Crippen LogP contribution >= 0.6 is 0 Å². The normalized spacial score (nSPS) is 9.56. The molecule has 0 bridgehead atoms. The lowest BCUT2D eigenvalue weighted by atomic mass is 10.7. The second-order valence-electron chi connectivity index (χ2n) is 1.72. The molecule has 0 N–H and O–H groups in total. The zero-order chi connectivity index (χ0) is 6.69. The lowest BCUT2D eigenvalue weighted by Crippen LogP contribution is -1.95. The monoisotopic (exact) mass is 126 g/mol. The first-order chi connectivity index (χ1) is 4.38. The molecule has 0 saturated carbocycles. The van der Waals surface area contributed by atoms with E-state index in [1.165, 1.54) is 0 Å². The second kappa shape index (κ2) is 2.53. The van der Waals surface area contributed by atoms with Crippen LogP contribution in [0.5, 0.6) is 5.88 Å². The minimum absolute atomic E-state index is 0.817. The van der Waals surface area contributed by atoms with Gasteiger partial charge in [0.05, 0.1) is 19.6 Å². The average molecular weight is 126 g/mol. The van der Waals surface area contributed by atoms with Gasteiger partial charge in [-0.25, -0.2) is 4.98 Å². The molecule has 0 unspecified atom stereocenters. The topological polar surface area (TPSA) is 27.1 Å². The van der Waals surface area contributed by atoms with Gasteiger partial charge in [-0.3, -0.25) is 0 Å². The summed E-state index contributed by atoms with van der Waals surface area (Å²) in [5, 5.41) is 0. The van der Waals surface area contributed by atoms with Crippen molar-refractivity contribution in [3.8, 4) is 5.88 Å². The van der Waals surface area contributed by atoms with E-state index >= 15 is 0 Å². The number of imidazole rings is 1. The summed E-state index contributed by atoms with van der Waals surface area (Å²) in [5.41, 5.74) is 0. The van der Waals surface area contributed by atoms with Crippen molar-refractivity contribution in [2.24, 2.45) is 0 Å². The van der Waals surface area contributed by atoms with Crippen LogP contribution in [0.1, 0.15) is 6.92 Å². The molecule has 50 valence electrons. The van der Waals surface area contributed by atoms with Crippen molar-refractivity contribution in [1.82, 2.24) is 9.55 Å². The third kappa shape index (κ3) is 1.04. The Balaban J connectivity index is 2.85. The van der Waals surface area contributed by atoms with Crippen molar-refractivity contribution in [3.63, 3.8) is 0 Å². The highest BCUT2D eigenvalue weighted by atomic mass is 16.5. The molecule has 1 aromatic heterocycles. The number of rotatable bonds is 2. The van der Waals surface area contributed by atoms with E-state index in [0.29, 0.717) is 0 Å². The molecule has 0 aliphatic heterocycles. The Morgan fingerprint density at radius 3 is 3.00 bits per heavy atom. The fraction of sp³-hybridized carbons (Fsp3) is 0.500. The number of nitrogens with zero attached hydrogens (tertiary/aromatic N) is 2. The fourth-order valence-corrected chi connectivity index (χ4v) is 0.716. The van der Waals surface area contributed by atoms with E-state index < -0.39 is 0 Å². The third-order valence-corrected chi connectivity index (χ3v) is 1.22. The molecule has 1 rings (SSSR count). The van der Waals surface area contributed by atoms with Gasteiger partial charge in [0.2, 0.25) is 5.88 Å². The van der Waals surface area contributed by atoms with Crippen LogP contribution in [0.4, 0.5) is 0 Å². The zero-order valence-corrected chi connectivity index (χ0v) is 5.66. The summed E-state index contributed by atoms with van der Waals surface area (Å²) in [4.78, 5) is 3.90. The van der Waals surface area contributed by atoms with Crippen LogP contribution in [-0.4, -0.2) is 16.7 Å². The van der Waals surface area contributed by atoms with E-state index in [0.717, 1.165) is 12.4 Å². The molecule has 1 heterocycles. The van der Waals surface area contributed by atoms with Gasteiger partial charge in [-0.15, -0.1) is 0 Å². The van der Waals surface area contributed by atoms with Crippen molar-refractivity contribution in [2.45, 2.75) is 13.5 Å². The molecule has 0 fully saturated rings. The molecule has 3 heteroatoms. The van der Waals surface area contributed by atoms with Crippen molar-refractivity contribution in [3.05, 3.63) is 12.5 Å². The van der Waals surface area contributed by atoms with Gasteiger partial charge in [-0.2, -0.15) is 0 Å². The predicted octanol–water partition coefficient (Wildman–Crippen LogP) is 0.912. The Hall–Kier alpha value is -0.990. The SMILES string of the molecule is CCn1cncc1OC. The number of aryl methyl sites for hydroxylation is 1. The molecule has 0 aliphatic carbocycles. The first-order valence-corrected chi connectivity index (χ1v) is 2.92. The Morgan fingerprint density at radius 1 is 1.78 bits per heavy atom. The highest BCUT2D eigenvalue weighted by Gasteiger charge is 1.95. The smallest absolute Gasteiger partial charge is 0.213 e. The number of methoxy groups -OCH3 is 1. The highest BCUT2D eigenvalue weighted by Crippen LogP contribution is 2.06. The predicted molar refractivity (Wildman–Crippen MR) is 34.5 cm³/mol. The molecule has 0 saturated heterocycles. The maximum Gasteiger partial charge on any atom is 0.213 e. The summed E-state index contributed by atoms with van der Waals surface area (Å²) in [6.07, 6.45) is 3.45. The van der Waals surface area contributed by atoms with Crippen LogP contribution in [0.15, 0.2) is 12.5 Å². The van der Waals surface area contributed by atoms with E-state index in [-0.39, 0.29) is 0 Å². The number of hydrogen-bond acceptors (Lipinski definition) is 2. The molecule has 0 aliphatic rings. The standard InChI is InChI=1S/C6H10N2O/c1-3-8-5-7-4-6(8)9-2/h4-5H,3H2,1-2H3. The summed E-state index contributed by atoms with van der Waals surface area (Å²) in [6, 6.07) is 0. The maximum absolute atomic E-state index is 4.98. The van der Waals surface area contributed by atoms with E-state index in [1.54, 1.807) is 19.6 Å². The molecule has 1 aromatic rings. The molecule has 0 amide bonds. The summed E-state index contributed by atoms with van der Waals surface area (Å²) in [5.74, 6) is 0.817. The quantitative estimate of drug-likeness (QED) is 0.589. The average Bonchev–Trinajstić information content (AvgIpc) is 2.33. The van der Waals surface area contributed by atoms with Crippen LogP contribution in [0.3, 0.4) is 0 Å². The lowest BCUT2D eigenvalue weighted by Gasteiger charge is -2.00. The number of ether oxygens (including phenoxy) is 1. The number of hydrogen-bond donors (Lipinski definition) is 0.